The van der Waals surface area contributed by atoms with Crippen LogP contribution in [0.5, 0.6) is 5.75 Å². The van der Waals surface area contributed by atoms with Gasteiger partial charge in [-0.1, -0.05) is 174 Å². The van der Waals surface area contributed by atoms with Crippen LogP contribution < -0.4 is 0 Å². The smallest absolute Gasteiger partial charge is 0.163 e. The first kappa shape index (κ1) is 47.5. The Morgan fingerprint density at radius 2 is 1.15 bits per heavy atom. The molecule has 0 atom stereocenters. The quantitative estimate of drug-likeness (QED) is 0.162. The molecule has 0 radical (unpaired) electrons. The van der Waals surface area contributed by atoms with Crippen molar-refractivity contribution < 1.29 is 26.2 Å². The van der Waals surface area contributed by atoms with Gasteiger partial charge < -0.3 is 5.11 Å². The molecule has 354 valence electrons. The van der Waals surface area contributed by atoms with Crippen LogP contribution in [0.25, 0.3) is 95.1 Å². The third-order valence-electron chi connectivity index (χ3n) is 14.3. The van der Waals surface area contributed by atoms with Gasteiger partial charge in [-0.3, -0.25) is 4.57 Å². The van der Waals surface area contributed by atoms with E-state index in [4.69, 9.17) is 9.97 Å². The Morgan fingerprint density at radius 3 is 1.89 bits per heavy atom. The summed E-state index contributed by atoms with van der Waals surface area (Å²) in [6.45, 7) is 18.1. The number of aromatic nitrogens is 3. The molecule has 10 aromatic rings. The molecule has 11 rings (SSSR count). The van der Waals surface area contributed by atoms with E-state index in [1.54, 1.807) is 6.07 Å². The number of hydrogen-bond acceptors (Lipinski definition) is 3. The molecule has 0 aliphatic heterocycles. The Morgan fingerprint density at radius 1 is 0.507 bits per heavy atom. The van der Waals surface area contributed by atoms with E-state index in [-0.39, 0.29) is 37.6 Å². The van der Waals surface area contributed by atoms with Crippen LogP contribution in [0.2, 0.25) is 0 Å². The molecule has 0 spiro atoms. The van der Waals surface area contributed by atoms with Gasteiger partial charge in [0.1, 0.15) is 11.4 Å². The fourth-order valence-electron chi connectivity index (χ4n) is 10.6. The summed E-state index contributed by atoms with van der Waals surface area (Å²) < 4.78 is 2.32. The van der Waals surface area contributed by atoms with Crippen molar-refractivity contribution >= 4 is 11.0 Å². The van der Waals surface area contributed by atoms with E-state index in [9.17, 15) is 5.11 Å². The van der Waals surface area contributed by atoms with E-state index in [1.165, 1.54) is 22.3 Å². The number of pyridine rings is 1. The Balaban J connectivity index is 0.00000582. The zero-order valence-electron chi connectivity index (χ0n) is 41.8. The summed E-state index contributed by atoms with van der Waals surface area (Å²) in [5, 5.41) is 11.3. The van der Waals surface area contributed by atoms with Gasteiger partial charge in [-0.2, -0.15) is 0 Å². The van der Waals surface area contributed by atoms with Gasteiger partial charge in [0.25, 0.3) is 0 Å². The number of hydrogen-bond donors (Lipinski definition) is 1. The van der Waals surface area contributed by atoms with Crippen LogP contribution in [0.4, 0.5) is 0 Å². The number of aryl methyl sites for hydroxylation is 4. The van der Waals surface area contributed by atoms with E-state index in [2.05, 4.69) is 218 Å². The molecule has 0 saturated carbocycles. The van der Waals surface area contributed by atoms with Crippen LogP contribution in [0.3, 0.4) is 0 Å². The van der Waals surface area contributed by atoms with Gasteiger partial charge in [-0.15, -0.1) is 35.9 Å². The normalized spacial score (nSPS) is 12.3. The molecule has 5 heteroatoms. The number of phenolic OH excluding ortho intramolecular Hbond substituents is 1. The Kier molecular flexibility index (Phi) is 12.4. The molecule has 0 fully saturated rings. The van der Waals surface area contributed by atoms with Crippen molar-refractivity contribution in [2.75, 3.05) is 0 Å². The zero-order chi connectivity index (χ0) is 48.5. The zero-order valence-corrected chi connectivity index (χ0v) is 44.0. The molecule has 8 aromatic carbocycles. The average molecular weight is 1100 g/mol. The average Bonchev–Trinajstić information content (AvgIpc) is 3.74. The first-order chi connectivity index (χ1) is 33.7. The number of fused-ring (bicyclic) bond motifs is 4. The van der Waals surface area contributed by atoms with E-state index >= 15 is 0 Å². The minimum absolute atomic E-state index is 0. The second-order valence-electron chi connectivity index (χ2n) is 21.1. The van der Waals surface area contributed by atoms with E-state index in [0.29, 0.717) is 0 Å². The van der Waals surface area contributed by atoms with Crippen molar-refractivity contribution in [3.8, 4) is 89.8 Å². The van der Waals surface area contributed by atoms with E-state index < -0.39 is 0 Å². The van der Waals surface area contributed by atoms with Crippen molar-refractivity contribution in [3.05, 3.63) is 215 Å². The van der Waals surface area contributed by atoms with Gasteiger partial charge in [-0.05, 0) is 140 Å². The molecule has 1 aliphatic carbocycles. The summed E-state index contributed by atoms with van der Waals surface area (Å²) in [5.74, 6) is 0.994. The predicted molar refractivity (Wildman–Crippen MR) is 292 cm³/mol. The molecule has 1 N–H and O–H groups in total. The number of imidazole rings is 1. The maximum Gasteiger partial charge on any atom is 0.163 e. The third kappa shape index (κ3) is 8.67. The third-order valence-corrected chi connectivity index (χ3v) is 14.3. The number of rotatable bonds is 7. The van der Waals surface area contributed by atoms with Crippen molar-refractivity contribution in [1.82, 2.24) is 14.5 Å². The molecule has 0 amide bonds. The van der Waals surface area contributed by atoms with Crippen molar-refractivity contribution in [1.29, 1.82) is 0 Å². The molecular weight excluding hydrogens is 1050 g/mol. The van der Waals surface area contributed by atoms with Gasteiger partial charge in [0, 0.05) is 26.6 Å². The number of nitrogens with zero attached hydrogens (tertiary/aromatic N) is 3. The monoisotopic (exact) mass is 1100 g/mol. The fraction of sp³-hybridized carbons (Fsp3) is 0.182. The van der Waals surface area contributed by atoms with Crippen LogP contribution in [-0.2, 0) is 44.7 Å². The van der Waals surface area contributed by atoms with Gasteiger partial charge in [-0.25, -0.2) is 9.97 Å². The van der Waals surface area contributed by atoms with Crippen LogP contribution in [0.1, 0.15) is 74.9 Å². The number of benzene rings is 8. The molecule has 71 heavy (non-hydrogen) atoms. The number of para-hydroxylation sites is 1. The predicted octanol–water partition coefficient (Wildman–Crippen LogP) is 16.9. The first-order valence-corrected chi connectivity index (χ1v) is 24.6. The van der Waals surface area contributed by atoms with E-state index in [0.717, 1.165) is 119 Å². The second kappa shape index (κ2) is 18.6. The van der Waals surface area contributed by atoms with Crippen molar-refractivity contribution in [3.63, 3.8) is 0 Å². The summed E-state index contributed by atoms with van der Waals surface area (Å²) >= 11 is 0. The molecule has 2 heterocycles. The summed E-state index contributed by atoms with van der Waals surface area (Å²) in [7, 11) is 0. The van der Waals surface area contributed by atoms with Gasteiger partial charge in [0.2, 0.25) is 0 Å². The summed E-state index contributed by atoms with van der Waals surface area (Å²) in [5.41, 5.74) is 23.3. The Labute approximate surface area is 433 Å². The maximum atomic E-state index is 11.3. The van der Waals surface area contributed by atoms with Crippen molar-refractivity contribution in [2.24, 2.45) is 0 Å². The Bertz CT molecular complexity index is 3630. The summed E-state index contributed by atoms with van der Waals surface area (Å²) in [4.78, 5) is 11.3. The number of aromatic hydroxyl groups is 1. The molecule has 1 aliphatic rings. The molecule has 4 nitrogen and oxygen atoms in total. The van der Waals surface area contributed by atoms with Gasteiger partial charge in [0.05, 0.1) is 22.4 Å². The minimum Gasteiger partial charge on any atom is -0.507 e. The molecular formula is C66H58N3OPt-. The topological polar surface area (TPSA) is 50.9 Å². The minimum atomic E-state index is -0.107. The standard InChI is InChI=1S/C66H58N3O.Pt/c1-41-19-15-20-42(2)63(41)69-56-36-34-54(58(44-23-13-10-14-24-44)62(56)68-64(69)55-35-33-46-32-31-45-25-17-30-57(70)59(45)61(46)67-55)60-52(47-26-16-27-50(38-47)65(3,4)5)28-18-29-53(60)49-37-48(43-21-11-9-12-22-43)39-51(40-49)66(6,7)8;/h9-23,25-30,33-40,70H,31-32H2,1-8H3;/q-1;. The molecule has 0 unspecified atom stereocenters. The maximum absolute atomic E-state index is 11.3. The van der Waals surface area contributed by atoms with Crippen LogP contribution in [0, 0.1) is 19.9 Å². The second-order valence-corrected chi connectivity index (χ2v) is 21.1. The first-order valence-electron chi connectivity index (χ1n) is 24.6. The SMILES string of the molecule is Cc1cccc(C)c1-n1c(-c2ccc3c(n2)-c2c(O)cccc2CC3)nc2c(-c3[c-]cccc3)c(-c3c(-c4cccc(C(C)(C)C)c4)cccc3-c3cc(-c4ccccc4)cc(C(C)(C)C)c3)ccc21.[Pt]. The van der Waals surface area contributed by atoms with Crippen LogP contribution in [0.15, 0.2) is 176 Å². The van der Waals surface area contributed by atoms with Crippen LogP contribution in [-0.4, -0.2) is 19.6 Å². The Hall–Kier alpha value is -7.13. The largest absolute Gasteiger partial charge is 0.507 e. The fourth-order valence-corrected chi connectivity index (χ4v) is 10.6. The number of phenols is 1. The molecule has 0 bridgehead atoms. The van der Waals surface area contributed by atoms with Gasteiger partial charge >= 0.3 is 0 Å². The van der Waals surface area contributed by atoms with E-state index in [1.807, 2.05) is 18.2 Å². The van der Waals surface area contributed by atoms with Crippen LogP contribution >= 0.6 is 0 Å². The molecule has 0 saturated heterocycles. The summed E-state index contributed by atoms with van der Waals surface area (Å²) in [6.07, 6.45) is 1.71. The summed E-state index contributed by atoms with van der Waals surface area (Å²) in [6, 6.07) is 67.0. The van der Waals surface area contributed by atoms with Crippen molar-refractivity contribution in [2.45, 2.75) is 79.1 Å². The van der Waals surface area contributed by atoms with Gasteiger partial charge in [0.15, 0.2) is 5.82 Å². The molecule has 2 aromatic heterocycles.